The van der Waals surface area contributed by atoms with Crippen LogP contribution in [0.25, 0.3) is 73.7 Å². The molecular formula is C55H33NS2. The average Bonchev–Trinajstić information content (AvgIpc) is 4.02. The lowest BCUT2D eigenvalue weighted by atomic mass is 9.70. The Hall–Kier alpha value is -6.78. The fourth-order valence-electron chi connectivity index (χ4n) is 10.5. The first-order valence-electron chi connectivity index (χ1n) is 19.9. The van der Waals surface area contributed by atoms with Gasteiger partial charge >= 0.3 is 0 Å². The van der Waals surface area contributed by atoms with Gasteiger partial charge in [-0.05, 0) is 98.6 Å². The van der Waals surface area contributed by atoms with E-state index in [0.717, 1.165) is 11.4 Å². The number of fused-ring (bicyclic) bond motifs is 16. The van der Waals surface area contributed by atoms with E-state index in [4.69, 9.17) is 0 Å². The van der Waals surface area contributed by atoms with Crippen molar-refractivity contribution in [1.29, 1.82) is 0 Å². The number of thiophene rings is 2. The van der Waals surface area contributed by atoms with Crippen LogP contribution < -0.4 is 4.90 Å². The predicted octanol–water partition coefficient (Wildman–Crippen LogP) is 15.9. The molecule has 0 radical (unpaired) electrons. The normalized spacial score (nSPS) is 13.3. The maximum atomic E-state index is 2.55. The predicted molar refractivity (Wildman–Crippen MR) is 249 cm³/mol. The van der Waals surface area contributed by atoms with Crippen LogP contribution in [0.2, 0.25) is 0 Å². The van der Waals surface area contributed by atoms with E-state index in [9.17, 15) is 0 Å². The van der Waals surface area contributed by atoms with E-state index in [2.05, 4.69) is 205 Å². The number of rotatable bonds is 4. The summed E-state index contributed by atoms with van der Waals surface area (Å²) in [6.07, 6.45) is 0. The second-order valence-electron chi connectivity index (χ2n) is 15.5. The molecule has 0 unspecified atom stereocenters. The van der Waals surface area contributed by atoms with E-state index < -0.39 is 0 Å². The number of benzene rings is 9. The Balaban J connectivity index is 1.12. The van der Waals surface area contributed by atoms with Crippen molar-refractivity contribution in [3.63, 3.8) is 0 Å². The minimum absolute atomic E-state index is 0.389. The molecule has 13 rings (SSSR count). The van der Waals surface area contributed by atoms with Crippen molar-refractivity contribution >= 4 is 80.1 Å². The van der Waals surface area contributed by atoms with Gasteiger partial charge in [0.15, 0.2) is 0 Å². The molecule has 9 aromatic carbocycles. The third kappa shape index (κ3) is 4.24. The van der Waals surface area contributed by atoms with Gasteiger partial charge in [-0.1, -0.05) is 152 Å². The molecule has 2 aliphatic carbocycles. The summed E-state index contributed by atoms with van der Waals surface area (Å²) in [6.45, 7) is 0. The summed E-state index contributed by atoms with van der Waals surface area (Å²) in [6, 6.07) is 75.0. The van der Waals surface area contributed by atoms with E-state index in [-0.39, 0.29) is 5.41 Å². The molecule has 0 fully saturated rings. The van der Waals surface area contributed by atoms with Crippen molar-refractivity contribution in [3.8, 4) is 33.4 Å². The minimum atomic E-state index is -0.389. The van der Waals surface area contributed by atoms with Gasteiger partial charge in [-0.25, -0.2) is 0 Å². The first-order valence-corrected chi connectivity index (χ1v) is 21.6. The van der Waals surface area contributed by atoms with Crippen molar-refractivity contribution < 1.29 is 0 Å². The van der Waals surface area contributed by atoms with Gasteiger partial charge in [0.25, 0.3) is 0 Å². The Kier molecular flexibility index (Phi) is 6.75. The molecule has 2 aromatic heterocycles. The molecule has 2 aliphatic rings. The maximum absolute atomic E-state index is 2.55. The Bertz CT molecular complexity index is 3450. The fourth-order valence-corrected chi connectivity index (χ4v) is 12.7. The SMILES string of the molecule is c1ccc(N(c2ccc3c(c2)-c2ccccc2C32c3ccccc3-c3ccccc32)c2cccc3sc4ccccc4c23)c(-c2cccc3sc4ccccc4c23)c1. The lowest BCUT2D eigenvalue weighted by Gasteiger charge is -2.32. The van der Waals surface area contributed by atoms with Crippen LogP contribution in [-0.4, -0.2) is 0 Å². The molecule has 0 saturated heterocycles. The average molecular weight is 772 g/mol. The van der Waals surface area contributed by atoms with Gasteiger partial charge in [0, 0.05) is 51.6 Å². The van der Waals surface area contributed by atoms with Crippen molar-refractivity contribution in [2.45, 2.75) is 5.41 Å². The van der Waals surface area contributed by atoms with Gasteiger partial charge in [0.2, 0.25) is 0 Å². The van der Waals surface area contributed by atoms with Gasteiger partial charge < -0.3 is 4.90 Å². The standard InChI is InChI=1S/C55H33NS2/c1-7-22-43-35(15-1)36-16-2-8-23-44(36)55(43)45-24-9-3-17-37(45)42-33-34(31-32-46(42)55)56(48-26-14-30-52-54(48)41-20-6-12-28-50(41)58-52)47-25-10-4-18-38(47)39-21-13-29-51-53(39)40-19-5-11-27-49(40)57-51/h1-33H. The Labute approximate surface area is 344 Å². The van der Waals surface area contributed by atoms with Crippen LogP contribution in [0.15, 0.2) is 200 Å². The van der Waals surface area contributed by atoms with Gasteiger partial charge in [-0.3, -0.25) is 0 Å². The molecule has 3 heteroatoms. The van der Waals surface area contributed by atoms with Crippen LogP contribution >= 0.6 is 22.7 Å². The summed E-state index contributed by atoms with van der Waals surface area (Å²) in [5.41, 5.74) is 16.2. The molecule has 58 heavy (non-hydrogen) atoms. The zero-order chi connectivity index (χ0) is 38.0. The van der Waals surface area contributed by atoms with Crippen molar-refractivity contribution in [2.24, 2.45) is 0 Å². The monoisotopic (exact) mass is 771 g/mol. The summed E-state index contributed by atoms with van der Waals surface area (Å²) in [7, 11) is 0. The highest BCUT2D eigenvalue weighted by Gasteiger charge is 2.51. The number of hydrogen-bond acceptors (Lipinski definition) is 3. The van der Waals surface area contributed by atoms with Gasteiger partial charge in [0.1, 0.15) is 0 Å². The van der Waals surface area contributed by atoms with Crippen LogP contribution in [-0.2, 0) is 5.41 Å². The Morgan fingerprint density at radius 1 is 0.310 bits per heavy atom. The molecule has 1 spiro atoms. The van der Waals surface area contributed by atoms with E-state index in [1.807, 2.05) is 22.7 Å². The van der Waals surface area contributed by atoms with E-state index >= 15 is 0 Å². The second-order valence-corrected chi connectivity index (χ2v) is 17.7. The van der Waals surface area contributed by atoms with Gasteiger partial charge in [-0.2, -0.15) is 0 Å². The summed E-state index contributed by atoms with van der Waals surface area (Å²) in [5.74, 6) is 0. The zero-order valence-corrected chi connectivity index (χ0v) is 32.9. The Morgan fingerprint density at radius 3 is 1.43 bits per heavy atom. The molecule has 1 nitrogen and oxygen atoms in total. The lowest BCUT2D eigenvalue weighted by molar-refractivity contribution is 0.794. The minimum Gasteiger partial charge on any atom is -0.309 e. The number of hydrogen-bond donors (Lipinski definition) is 0. The topological polar surface area (TPSA) is 3.24 Å². The smallest absolute Gasteiger partial charge is 0.0725 e. The highest BCUT2D eigenvalue weighted by molar-refractivity contribution is 7.26. The highest BCUT2D eigenvalue weighted by Crippen LogP contribution is 2.63. The number of nitrogens with zero attached hydrogens (tertiary/aromatic N) is 1. The first kappa shape index (κ1) is 32.3. The molecule has 0 N–H and O–H groups in total. The molecule has 0 aliphatic heterocycles. The molecule has 270 valence electrons. The Morgan fingerprint density at radius 2 is 0.759 bits per heavy atom. The second kappa shape index (κ2) is 12.1. The fraction of sp³-hybridized carbons (Fsp3) is 0.0182. The quantitative estimate of drug-likeness (QED) is 0.172. The zero-order valence-electron chi connectivity index (χ0n) is 31.3. The molecule has 2 heterocycles. The van der Waals surface area contributed by atoms with Crippen molar-refractivity contribution in [3.05, 3.63) is 222 Å². The van der Waals surface area contributed by atoms with Gasteiger partial charge in [0.05, 0.1) is 16.8 Å². The third-order valence-corrected chi connectivity index (χ3v) is 15.0. The van der Waals surface area contributed by atoms with Crippen LogP contribution in [0.3, 0.4) is 0 Å². The maximum Gasteiger partial charge on any atom is 0.0725 e. The highest BCUT2D eigenvalue weighted by atomic mass is 32.1. The first-order chi connectivity index (χ1) is 28.8. The molecular weight excluding hydrogens is 739 g/mol. The van der Waals surface area contributed by atoms with Crippen molar-refractivity contribution in [1.82, 2.24) is 0 Å². The lowest BCUT2D eigenvalue weighted by Crippen LogP contribution is -2.25. The van der Waals surface area contributed by atoms with Gasteiger partial charge in [-0.15, -0.1) is 22.7 Å². The molecule has 0 saturated carbocycles. The molecule has 0 amide bonds. The molecule has 0 atom stereocenters. The largest absolute Gasteiger partial charge is 0.309 e. The molecule has 0 bridgehead atoms. The summed E-state index contributed by atoms with van der Waals surface area (Å²) >= 11 is 3.75. The van der Waals surface area contributed by atoms with E-state index in [0.29, 0.717) is 0 Å². The van der Waals surface area contributed by atoms with Crippen LogP contribution in [0.4, 0.5) is 17.1 Å². The van der Waals surface area contributed by atoms with E-state index in [1.165, 1.54) is 102 Å². The number of anilines is 3. The van der Waals surface area contributed by atoms with Crippen LogP contribution in [0.1, 0.15) is 22.3 Å². The van der Waals surface area contributed by atoms with Crippen molar-refractivity contribution in [2.75, 3.05) is 4.90 Å². The number of para-hydroxylation sites is 1. The third-order valence-electron chi connectivity index (χ3n) is 12.7. The van der Waals surface area contributed by atoms with Crippen LogP contribution in [0, 0.1) is 0 Å². The van der Waals surface area contributed by atoms with E-state index in [1.54, 1.807) is 0 Å². The summed E-state index contributed by atoms with van der Waals surface area (Å²) < 4.78 is 5.21. The molecule has 11 aromatic rings. The van der Waals surface area contributed by atoms with Crippen LogP contribution in [0.5, 0.6) is 0 Å². The summed E-state index contributed by atoms with van der Waals surface area (Å²) in [4.78, 5) is 2.55. The summed E-state index contributed by atoms with van der Waals surface area (Å²) in [5, 5.41) is 5.20.